The Morgan fingerprint density at radius 1 is 1.10 bits per heavy atom. The maximum absolute atomic E-state index is 13.4. The van der Waals surface area contributed by atoms with Gasteiger partial charge < -0.3 is 4.74 Å². The predicted molar refractivity (Wildman–Crippen MR) is 108 cm³/mol. The topological polar surface area (TPSA) is 79.0 Å². The van der Waals surface area contributed by atoms with Crippen LogP contribution in [-0.2, 0) is 19.1 Å². The zero-order valence-electron chi connectivity index (χ0n) is 16.0. The van der Waals surface area contributed by atoms with Gasteiger partial charge in [0.2, 0.25) is 0 Å². The minimum absolute atomic E-state index is 0.0430. The quantitative estimate of drug-likeness (QED) is 0.618. The van der Waals surface area contributed by atoms with Gasteiger partial charge in [0.25, 0.3) is 11.8 Å². The number of rotatable bonds is 3. The minimum Gasteiger partial charge on any atom is -0.464 e. The Balaban J connectivity index is 1.85. The number of methoxy groups -OCH3 is 1. The molecule has 0 aromatic heterocycles. The normalized spacial score (nSPS) is 18.3. The third-order valence-electron chi connectivity index (χ3n) is 5.10. The van der Waals surface area contributed by atoms with Gasteiger partial charge in [-0.3, -0.25) is 20.0 Å². The maximum Gasteiger partial charge on any atom is 0.356 e. The summed E-state index contributed by atoms with van der Waals surface area (Å²) in [5.74, 6) is -1.76. The molecule has 0 unspecified atom stereocenters. The molecule has 0 spiro atoms. The first-order valence-electron chi connectivity index (χ1n) is 8.93. The van der Waals surface area contributed by atoms with Crippen LogP contribution in [0.4, 0.5) is 11.4 Å². The van der Waals surface area contributed by atoms with Crippen LogP contribution in [0.1, 0.15) is 11.1 Å². The number of halogens is 1. The van der Waals surface area contributed by atoms with Crippen LogP contribution in [0.5, 0.6) is 0 Å². The molecule has 4 rings (SSSR count). The average Bonchev–Trinajstić information content (AvgIpc) is 3.22. The van der Waals surface area contributed by atoms with Crippen molar-refractivity contribution in [1.82, 2.24) is 5.43 Å². The molecule has 2 aromatic carbocycles. The number of hydrogen-bond donors (Lipinski definition) is 1. The highest BCUT2D eigenvalue weighted by Gasteiger charge is 2.54. The van der Waals surface area contributed by atoms with Crippen LogP contribution in [0, 0.1) is 13.8 Å². The lowest BCUT2D eigenvalue weighted by atomic mass is 10.1. The fourth-order valence-corrected chi connectivity index (χ4v) is 3.72. The zero-order chi connectivity index (χ0) is 20.9. The summed E-state index contributed by atoms with van der Waals surface area (Å²) in [4.78, 5) is 40.0. The number of hydrogen-bond acceptors (Lipinski definition) is 6. The van der Waals surface area contributed by atoms with Gasteiger partial charge >= 0.3 is 5.97 Å². The van der Waals surface area contributed by atoms with Gasteiger partial charge in [-0.2, -0.15) is 0 Å². The summed E-state index contributed by atoms with van der Waals surface area (Å²) >= 11 is 6.19. The highest BCUT2D eigenvalue weighted by atomic mass is 35.5. The number of anilines is 2. The van der Waals surface area contributed by atoms with Gasteiger partial charge in [0.05, 0.1) is 24.1 Å². The van der Waals surface area contributed by atoms with Crippen LogP contribution >= 0.6 is 11.6 Å². The van der Waals surface area contributed by atoms with Gasteiger partial charge in [0, 0.05) is 5.02 Å². The molecule has 0 aliphatic carbocycles. The average molecular weight is 412 g/mol. The van der Waals surface area contributed by atoms with Crippen molar-refractivity contribution in [3.8, 4) is 0 Å². The molecule has 1 fully saturated rings. The summed E-state index contributed by atoms with van der Waals surface area (Å²) in [6.45, 7) is 3.68. The first-order chi connectivity index (χ1) is 13.8. The Labute approximate surface area is 172 Å². The second kappa shape index (κ2) is 6.93. The van der Waals surface area contributed by atoms with E-state index in [1.165, 1.54) is 12.1 Å². The fourth-order valence-electron chi connectivity index (χ4n) is 3.55. The van der Waals surface area contributed by atoms with Crippen molar-refractivity contribution in [2.45, 2.75) is 19.9 Å². The Kier molecular flexibility index (Phi) is 4.55. The van der Waals surface area contributed by atoms with E-state index in [2.05, 4.69) is 5.43 Å². The molecule has 2 heterocycles. The van der Waals surface area contributed by atoms with E-state index in [-0.39, 0.29) is 11.3 Å². The number of ether oxygens (including phenoxy) is 1. The SMILES string of the molecule is COC(=O)C1=C2C(=O)N(c3cccc(Cl)c3C)C(=O)[C@H]2N(c2ccc(C)cc2)N1. The van der Waals surface area contributed by atoms with Crippen molar-refractivity contribution < 1.29 is 19.1 Å². The van der Waals surface area contributed by atoms with E-state index in [0.717, 1.165) is 10.5 Å². The lowest BCUT2D eigenvalue weighted by Gasteiger charge is -2.26. The smallest absolute Gasteiger partial charge is 0.356 e. The summed E-state index contributed by atoms with van der Waals surface area (Å²) < 4.78 is 4.82. The number of nitrogens with one attached hydrogen (secondary N) is 1. The summed E-state index contributed by atoms with van der Waals surface area (Å²) in [7, 11) is 1.22. The van der Waals surface area contributed by atoms with Crippen molar-refractivity contribution in [1.29, 1.82) is 0 Å². The van der Waals surface area contributed by atoms with Crippen LogP contribution in [0.25, 0.3) is 0 Å². The molecular weight excluding hydrogens is 394 g/mol. The first kappa shape index (κ1) is 19.0. The number of imide groups is 1. The number of esters is 1. The van der Waals surface area contributed by atoms with E-state index in [0.29, 0.717) is 22.0 Å². The molecule has 0 saturated carbocycles. The number of hydrazine groups is 1. The lowest BCUT2D eigenvalue weighted by Crippen LogP contribution is -2.46. The number of benzene rings is 2. The molecule has 2 amide bonds. The predicted octanol–water partition coefficient (Wildman–Crippen LogP) is 2.65. The Morgan fingerprint density at radius 2 is 1.79 bits per heavy atom. The monoisotopic (exact) mass is 411 g/mol. The number of amides is 2. The van der Waals surface area contributed by atoms with Gasteiger partial charge in [0.15, 0.2) is 11.7 Å². The van der Waals surface area contributed by atoms with E-state index in [1.807, 2.05) is 31.2 Å². The molecule has 8 heteroatoms. The van der Waals surface area contributed by atoms with Crippen LogP contribution < -0.4 is 15.3 Å². The van der Waals surface area contributed by atoms with Gasteiger partial charge in [-0.25, -0.2) is 9.69 Å². The standard InChI is InChI=1S/C21H18ClN3O4/c1-11-7-9-13(10-8-11)25-18-16(17(23-25)21(28)29-3)19(26)24(20(18)27)15-6-4-5-14(22)12(15)2/h4-10,18,23H,1-3H3/t18-/m0/s1. The number of fused-ring (bicyclic) bond motifs is 1. The molecule has 1 saturated heterocycles. The van der Waals surface area contributed by atoms with Crippen molar-refractivity contribution in [2.24, 2.45) is 0 Å². The van der Waals surface area contributed by atoms with Crippen LogP contribution in [0.3, 0.4) is 0 Å². The first-order valence-corrected chi connectivity index (χ1v) is 9.31. The molecule has 1 atom stereocenters. The Hall–Kier alpha value is -3.32. The van der Waals surface area contributed by atoms with Gasteiger partial charge in [0.1, 0.15) is 0 Å². The van der Waals surface area contributed by atoms with Crippen LogP contribution in [0.15, 0.2) is 53.7 Å². The summed E-state index contributed by atoms with van der Waals surface area (Å²) in [6, 6.07) is 11.4. The van der Waals surface area contributed by atoms with E-state index in [1.54, 1.807) is 25.1 Å². The Bertz CT molecular complexity index is 1080. The molecule has 29 heavy (non-hydrogen) atoms. The summed E-state index contributed by atoms with van der Waals surface area (Å²) in [6.07, 6.45) is 0. The van der Waals surface area contributed by atoms with Crippen molar-refractivity contribution >= 4 is 40.8 Å². The molecule has 0 radical (unpaired) electrons. The largest absolute Gasteiger partial charge is 0.464 e. The molecule has 7 nitrogen and oxygen atoms in total. The second-order valence-corrected chi connectivity index (χ2v) is 7.27. The zero-order valence-corrected chi connectivity index (χ0v) is 16.8. The van der Waals surface area contributed by atoms with E-state index >= 15 is 0 Å². The molecule has 148 valence electrons. The van der Waals surface area contributed by atoms with E-state index in [9.17, 15) is 14.4 Å². The van der Waals surface area contributed by atoms with E-state index in [4.69, 9.17) is 16.3 Å². The number of aryl methyl sites for hydroxylation is 1. The number of carbonyl (C=O) groups is 3. The van der Waals surface area contributed by atoms with Crippen molar-refractivity contribution in [3.05, 3.63) is 69.9 Å². The van der Waals surface area contributed by atoms with Crippen molar-refractivity contribution in [3.63, 3.8) is 0 Å². The molecule has 1 N–H and O–H groups in total. The third kappa shape index (κ3) is 2.86. The molecule has 2 aromatic rings. The summed E-state index contributed by atoms with van der Waals surface area (Å²) in [5.41, 5.74) is 5.57. The Morgan fingerprint density at radius 3 is 2.45 bits per heavy atom. The van der Waals surface area contributed by atoms with E-state index < -0.39 is 23.8 Å². The molecule has 2 aliphatic heterocycles. The maximum atomic E-state index is 13.4. The lowest BCUT2D eigenvalue weighted by molar-refractivity contribution is -0.136. The number of carbonyl (C=O) groups excluding carboxylic acids is 3. The molecule has 0 bridgehead atoms. The highest BCUT2D eigenvalue weighted by Crippen LogP contribution is 2.38. The molecule has 2 aliphatic rings. The van der Waals surface area contributed by atoms with Crippen LogP contribution in [0.2, 0.25) is 5.02 Å². The minimum atomic E-state index is -0.988. The summed E-state index contributed by atoms with van der Waals surface area (Å²) in [5, 5.41) is 1.96. The number of nitrogens with zero attached hydrogens (tertiary/aromatic N) is 2. The van der Waals surface area contributed by atoms with Gasteiger partial charge in [-0.05, 0) is 43.7 Å². The van der Waals surface area contributed by atoms with Gasteiger partial charge in [-0.1, -0.05) is 35.4 Å². The fraction of sp³-hybridized carbons (Fsp3) is 0.190. The highest BCUT2D eigenvalue weighted by molar-refractivity contribution is 6.35. The van der Waals surface area contributed by atoms with Gasteiger partial charge in [-0.15, -0.1) is 0 Å². The molecular formula is C21H18ClN3O4. The van der Waals surface area contributed by atoms with Crippen molar-refractivity contribution in [2.75, 3.05) is 17.0 Å². The third-order valence-corrected chi connectivity index (χ3v) is 5.51. The van der Waals surface area contributed by atoms with Crippen LogP contribution in [-0.4, -0.2) is 30.9 Å². The second-order valence-electron chi connectivity index (χ2n) is 6.86.